The first-order chi connectivity index (χ1) is 11.4. The average molecular weight is 375 g/mol. The van der Waals surface area contributed by atoms with Crippen molar-refractivity contribution < 1.29 is 14.2 Å². The SMILES string of the molecule is C=C(/C=C\C(F)=C/C)CNC(O)C(CC)Oc1ncc(Cl)cc1Cl. The number of aromatic nitrogens is 1. The molecule has 1 rings (SSSR count). The quantitative estimate of drug-likeness (QED) is 0.495. The first-order valence-electron chi connectivity index (χ1n) is 7.44. The lowest BCUT2D eigenvalue weighted by atomic mass is 10.2. The second kappa shape index (κ2) is 10.5. The molecule has 132 valence electrons. The van der Waals surface area contributed by atoms with E-state index in [-0.39, 0.29) is 23.3 Å². The first kappa shape index (κ1) is 20.6. The summed E-state index contributed by atoms with van der Waals surface area (Å²) in [5, 5.41) is 13.7. The van der Waals surface area contributed by atoms with Crippen molar-refractivity contribution in [2.45, 2.75) is 32.6 Å². The van der Waals surface area contributed by atoms with Crippen LogP contribution in [0.5, 0.6) is 5.88 Å². The van der Waals surface area contributed by atoms with Crippen molar-refractivity contribution >= 4 is 23.2 Å². The molecular weight excluding hydrogens is 354 g/mol. The molecule has 0 saturated heterocycles. The zero-order valence-electron chi connectivity index (χ0n) is 13.6. The minimum absolute atomic E-state index is 0.197. The molecular formula is C17H21Cl2FN2O2. The van der Waals surface area contributed by atoms with E-state index in [0.29, 0.717) is 17.0 Å². The number of pyridine rings is 1. The van der Waals surface area contributed by atoms with Crippen LogP contribution in [0.15, 0.2) is 48.5 Å². The Kier molecular flexibility index (Phi) is 9.00. The van der Waals surface area contributed by atoms with E-state index in [1.165, 1.54) is 30.5 Å². The van der Waals surface area contributed by atoms with Gasteiger partial charge in [0.15, 0.2) is 0 Å². The highest BCUT2D eigenvalue weighted by molar-refractivity contribution is 6.35. The van der Waals surface area contributed by atoms with E-state index in [1.54, 1.807) is 6.92 Å². The Morgan fingerprint density at radius 1 is 1.50 bits per heavy atom. The number of nitrogens with one attached hydrogen (secondary N) is 1. The van der Waals surface area contributed by atoms with Gasteiger partial charge in [-0.2, -0.15) is 0 Å². The molecule has 0 spiro atoms. The van der Waals surface area contributed by atoms with Crippen LogP contribution in [0.2, 0.25) is 10.0 Å². The van der Waals surface area contributed by atoms with E-state index >= 15 is 0 Å². The van der Waals surface area contributed by atoms with E-state index in [2.05, 4.69) is 16.9 Å². The fourth-order valence-electron chi connectivity index (χ4n) is 1.72. The number of nitrogens with zero attached hydrogens (tertiary/aromatic N) is 1. The standard InChI is InChI=1S/C17H21Cl2FN2O2/c1-4-13(20)7-6-11(3)9-21-16(23)15(5-2)24-17-14(19)8-12(18)10-22-17/h4,6-8,10,15-16,21,23H,3,5,9H2,1-2H3/b7-6-,13-4+. The molecule has 0 aliphatic heterocycles. The number of aliphatic hydroxyl groups excluding tert-OH is 1. The highest BCUT2D eigenvalue weighted by Crippen LogP contribution is 2.26. The molecule has 0 amide bonds. The second-order valence-electron chi connectivity index (χ2n) is 5.00. The van der Waals surface area contributed by atoms with Crippen molar-refractivity contribution in [3.05, 3.63) is 58.5 Å². The molecule has 1 aromatic rings. The van der Waals surface area contributed by atoms with Crippen LogP contribution in [0.1, 0.15) is 20.3 Å². The van der Waals surface area contributed by atoms with Gasteiger partial charge in [0.2, 0.25) is 5.88 Å². The lowest BCUT2D eigenvalue weighted by Gasteiger charge is -2.24. The Hall–Kier alpha value is -1.40. The summed E-state index contributed by atoms with van der Waals surface area (Å²) in [6, 6.07) is 1.51. The van der Waals surface area contributed by atoms with Crippen LogP contribution in [-0.2, 0) is 0 Å². The predicted molar refractivity (Wildman–Crippen MR) is 96.1 cm³/mol. The van der Waals surface area contributed by atoms with Gasteiger partial charge in [-0.25, -0.2) is 9.37 Å². The number of halogens is 3. The molecule has 0 fully saturated rings. The molecule has 0 saturated carbocycles. The van der Waals surface area contributed by atoms with Crippen molar-refractivity contribution in [1.29, 1.82) is 0 Å². The van der Waals surface area contributed by atoms with Crippen LogP contribution < -0.4 is 10.1 Å². The first-order valence-corrected chi connectivity index (χ1v) is 8.19. The summed E-state index contributed by atoms with van der Waals surface area (Å²) >= 11 is 11.8. The summed E-state index contributed by atoms with van der Waals surface area (Å²) in [6.07, 6.45) is 4.58. The molecule has 0 aliphatic carbocycles. The molecule has 7 heteroatoms. The summed E-state index contributed by atoms with van der Waals surface area (Å²) in [6.45, 7) is 7.51. The molecule has 0 bridgehead atoms. The highest BCUT2D eigenvalue weighted by atomic mass is 35.5. The van der Waals surface area contributed by atoms with Crippen molar-refractivity contribution in [3.8, 4) is 5.88 Å². The van der Waals surface area contributed by atoms with Gasteiger partial charge in [0.05, 0.1) is 5.02 Å². The summed E-state index contributed by atoms with van der Waals surface area (Å²) in [5.74, 6) is -0.155. The molecule has 1 heterocycles. The van der Waals surface area contributed by atoms with Gasteiger partial charge in [0.1, 0.15) is 23.2 Å². The third kappa shape index (κ3) is 7.01. The zero-order chi connectivity index (χ0) is 18.1. The van der Waals surface area contributed by atoms with Crippen molar-refractivity contribution in [2.24, 2.45) is 0 Å². The Labute approximate surface area is 151 Å². The Balaban J connectivity index is 2.59. The Bertz CT molecular complexity index is 621. The van der Waals surface area contributed by atoms with Crippen molar-refractivity contribution in [1.82, 2.24) is 10.3 Å². The third-order valence-corrected chi connectivity index (χ3v) is 3.56. The van der Waals surface area contributed by atoms with Gasteiger partial charge in [-0.05, 0) is 31.1 Å². The summed E-state index contributed by atoms with van der Waals surface area (Å²) < 4.78 is 18.6. The number of hydrogen-bond acceptors (Lipinski definition) is 4. The van der Waals surface area contributed by atoms with Crippen LogP contribution in [-0.4, -0.2) is 29.0 Å². The van der Waals surface area contributed by atoms with E-state index in [1.807, 2.05) is 6.92 Å². The monoisotopic (exact) mass is 374 g/mol. The van der Waals surface area contributed by atoms with Crippen LogP contribution in [0.3, 0.4) is 0 Å². The van der Waals surface area contributed by atoms with Gasteiger partial charge in [0.25, 0.3) is 0 Å². The fourth-order valence-corrected chi connectivity index (χ4v) is 2.15. The molecule has 2 atom stereocenters. The number of aliphatic hydroxyl groups is 1. The predicted octanol–water partition coefficient (Wildman–Crippen LogP) is 4.44. The molecule has 1 aromatic heterocycles. The van der Waals surface area contributed by atoms with Gasteiger partial charge >= 0.3 is 0 Å². The van der Waals surface area contributed by atoms with E-state index < -0.39 is 12.3 Å². The number of ether oxygens (including phenoxy) is 1. The number of allylic oxidation sites excluding steroid dienone is 3. The molecule has 24 heavy (non-hydrogen) atoms. The maximum absolute atomic E-state index is 13.0. The molecule has 2 unspecified atom stereocenters. The molecule has 4 nitrogen and oxygen atoms in total. The van der Waals surface area contributed by atoms with Gasteiger partial charge in [0, 0.05) is 12.7 Å². The number of hydrogen-bond donors (Lipinski definition) is 2. The largest absolute Gasteiger partial charge is 0.469 e. The topological polar surface area (TPSA) is 54.4 Å². The second-order valence-corrected chi connectivity index (χ2v) is 5.84. The summed E-state index contributed by atoms with van der Waals surface area (Å²) in [7, 11) is 0. The summed E-state index contributed by atoms with van der Waals surface area (Å²) in [4.78, 5) is 4.00. The molecule has 2 N–H and O–H groups in total. The normalized spacial score (nSPS) is 14.7. The van der Waals surface area contributed by atoms with E-state index in [4.69, 9.17) is 27.9 Å². The Morgan fingerprint density at radius 3 is 2.79 bits per heavy atom. The summed E-state index contributed by atoms with van der Waals surface area (Å²) in [5.41, 5.74) is 0.614. The average Bonchev–Trinajstić information content (AvgIpc) is 2.56. The van der Waals surface area contributed by atoms with Gasteiger partial charge in [-0.15, -0.1) is 0 Å². The van der Waals surface area contributed by atoms with Crippen molar-refractivity contribution in [3.63, 3.8) is 0 Å². The lowest BCUT2D eigenvalue weighted by Crippen LogP contribution is -2.43. The molecule has 0 aromatic carbocycles. The number of rotatable bonds is 9. The van der Waals surface area contributed by atoms with E-state index in [9.17, 15) is 9.50 Å². The minimum atomic E-state index is -0.972. The minimum Gasteiger partial charge on any atom is -0.469 e. The maximum Gasteiger partial charge on any atom is 0.233 e. The lowest BCUT2D eigenvalue weighted by molar-refractivity contribution is 0.0116. The van der Waals surface area contributed by atoms with Gasteiger partial charge in [-0.1, -0.05) is 48.9 Å². The maximum atomic E-state index is 13.0. The zero-order valence-corrected chi connectivity index (χ0v) is 15.1. The molecule has 0 aliphatic rings. The fraction of sp³-hybridized carbons (Fsp3) is 0.353. The van der Waals surface area contributed by atoms with Crippen LogP contribution >= 0.6 is 23.2 Å². The van der Waals surface area contributed by atoms with Crippen molar-refractivity contribution in [2.75, 3.05) is 6.54 Å². The molecule has 0 radical (unpaired) electrons. The van der Waals surface area contributed by atoms with Gasteiger partial charge < -0.3 is 9.84 Å². The van der Waals surface area contributed by atoms with Gasteiger partial charge in [-0.3, -0.25) is 5.32 Å². The third-order valence-electron chi connectivity index (χ3n) is 3.08. The van der Waals surface area contributed by atoms with E-state index in [0.717, 1.165) is 0 Å². The van der Waals surface area contributed by atoms with Crippen LogP contribution in [0, 0.1) is 0 Å². The van der Waals surface area contributed by atoms with Crippen LogP contribution in [0.4, 0.5) is 4.39 Å². The Morgan fingerprint density at radius 2 is 2.21 bits per heavy atom. The highest BCUT2D eigenvalue weighted by Gasteiger charge is 2.20. The van der Waals surface area contributed by atoms with Crippen LogP contribution in [0.25, 0.3) is 0 Å². The smallest absolute Gasteiger partial charge is 0.233 e.